The number of fused-ring (bicyclic) bond motifs is 1. The zero-order valence-electron chi connectivity index (χ0n) is 23.7. The molecule has 1 heterocycles. The lowest BCUT2D eigenvalue weighted by atomic mass is 9.87. The Labute approximate surface area is 227 Å². The molecule has 1 saturated heterocycles. The molecule has 3 atom stereocenters. The summed E-state index contributed by atoms with van der Waals surface area (Å²) in [5.74, 6) is -0.643. The van der Waals surface area contributed by atoms with Crippen molar-refractivity contribution in [1.82, 2.24) is 21.3 Å². The van der Waals surface area contributed by atoms with Crippen LogP contribution in [0.2, 0.25) is 0 Å². The molecule has 1 fully saturated rings. The zero-order valence-corrected chi connectivity index (χ0v) is 23.7. The maximum absolute atomic E-state index is 13.6. The summed E-state index contributed by atoms with van der Waals surface area (Å²) in [4.78, 5) is 39.9. The molecule has 1 aromatic rings. The molecule has 212 valence electrons. The minimum Gasteiger partial charge on any atom is -0.377 e. The summed E-state index contributed by atoms with van der Waals surface area (Å²) in [6.45, 7) is 11.6. The number of benzene rings is 1. The van der Waals surface area contributed by atoms with Gasteiger partial charge in [0.2, 0.25) is 17.7 Å². The van der Waals surface area contributed by atoms with E-state index < -0.39 is 17.6 Å². The number of carbonyl (C=O) groups is 3. The Morgan fingerprint density at radius 3 is 2.42 bits per heavy atom. The van der Waals surface area contributed by atoms with E-state index >= 15 is 0 Å². The van der Waals surface area contributed by atoms with Crippen molar-refractivity contribution in [3.8, 4) is 0 Å². The second-order valence-corrected chi connectivity index (χ2v) is 12.6. The van der Waals surface area contributed by atoms with Crippen molar-refractivity contribution in [2.45, 2.75) is 90.4 Å². The first kappa shape index (κ1) is 30.1. The number of ether oxygens (including phenoxy) is 1. The topological polar surface area (TPSA) is 135 Å². The molecule has 1 aromatic carbocycles. The van der Waals surface area contributed by atoms with E-state index in [1.807, 2.05) is 46.8 Å². The van der Waals surface area contributed by atoms with Gasteiger partial charge in [0, 0.05) is 13.1 Å². The second-order valence-electron chi connectivity index (χ2n) is 12.6. The van der Waals surface area contributed by atoms with Gasteiger partial charge in [-0.2, -0.15) is 0 Å². The quantitative estimate of drug-likeness (QED) is 0.281. The molecule has 9 heteroatoms. The predicted molar refractivity (Wildman–Crippen MR) is 148 cm³/mol. The third-order valence-corrected chi connectivity index (χ3v) is 7.18. The lowest BCUT2D eigenvalue weighted by Gasteiger charge is -2.43. The highest BCUT2D eigenvalue weighted by atomic mass is 16.5. The monoisotopic (exact) mass is 529 g/mol. The van der Waals surface area contributed by atoms with Gasteiger partial charge in [-0.05, 0) is 48.1 Å². The van der Waals surface area contributed by atoms with Crippen molar-refractivity contribution in [3.63, 3.8) is 0 Å². The molecule has 38 heavy (non-hydrogen) atoms. The Balaban J connectivity index is 1.72. The summed E-state index contributed by atoms with van der Waals surface area (Å²) in [5.41, 5.74) is 7.74. The van der Waals surface area contributed by atoms with Gasteiger partial charge in [0.15, 0.2) is 0 Å². The molecule has 0 aromatic heterocycles. The van der Waals surface area contributed by atoms with E-state index in [1.165, 1.54) is 5.56 Å². The van der Waals surface area contributed by atoms with Crippen LogP contribution in [0.15, 0.2) is 24.3 Å². The van der Waals surface area contributed by atoms with Crippen LogP contribution < -0.4 is 27.0 Å². The first-order valence-electron chi connectivity index (χ1n) is 13.9. The van der Waals surface area contributed by atoms with Gasteiger partial charge in [0.05, 0.1) is 37.3 Å². The molecule has 0 spiro atoms. The maximum atomic E-state index is 13.6. The average Bonchev–Trinajstić information content (AvgIpc) is 2.83. The van der Waals surface area contributed by atoms with Crippen molar-refractivity contribution in [2.75, 3.05) is 26.3 Å². The van der Waals surface area contributed by atoms with E-state index in [0.717, 1.165) is 24.8 Å². The van der Waals surface area contributed by atoms with Crippen LogP contribution >= 0.6 is 0 Å². The molecule has 0 radical (unpaired) electrons. The van der Waals surface area contributed by atoms with Crippen LogP contribution in [0.25, 0.3) is 0 Å². The van der Waals surface area contributed by atoms with Gasteiger partial charge in [0.25, 0.3) is 0 Å². The number of hydrogen-bond acceptors (Lipinski definition) is 6. The van der Waals surface area contributed by atoms with Gasteiger partial charge in [-0.15, -0.1) is 0 Å². The highest BCUT2D eigenvalue weighted by Crippen LogP contribution is 2.29. The van der Waals surface area contributed by atoms with Crippen molar-refractivity contribution < 1.29 is 19.1 Å². The minimum absolute atomic E-state index is 0.0598. The number of amides is 3. The molecule has 2 aliphatic rings. The average molecular weight is 530 g/mol. The van der Waals surface area contributed by atoms with Crippen LogP contribution in [-0.4, -0.2) is 61.6 Å². The number of aryl methyl sites for hydroxylation is 1. The fraction of sp³-hybridized carbons (Fsp3) is 0.690. The maximum Gasteiger partial charge on any atom is 0.243 e. The molecule has 6 N–H and O–H groups in total. The van der Waals surface area contributed by atoms with E-state index in [2.05, 4.69) is 33.4 Å². The molecule has 0 bridgehead atoms. The van der Waals surface area contributed by atoms with Crippen LogP contribution in [0.3, 0.4) is 0 Å². The molecule has 3 amide bonds. The number of carbonyl (C=O) groups excluding carboxylic acids is 3. The highest BCUT2D eigenvalue weighted by molar-refractivity contribution is 5.92. The summed E-state index contributed by atoms with van der Waals surface area (Å²) >= 11 is 0. The minimum atomic E-state index is -0.847. The molecule has 1 aliphatic carbocycles. The fourth-order valence-corrected chi connectivity index (χ4v) is 4.96. The third-order valence-electron chi connectivity index (χ3n) is 7.18. The molecule has 0 saturated carbocycles. The third kappa shape index (κ3) is 8.51. The van der Waals surface area contributed by atoms with Gasteiger partial charge < -0.3 is 26.4 Å². The van der Waals surface area contributed by atoms with Gasteiger partial charge >= 0.3 is 0 Å². The molecule has 3 rings (SSSR count). The Morgan fingerprint density at radius 2 is 1.82 bits per heavy atom. The van der Waals surface area contributed by atoms with Gasteiger partial charge in [-0.1, -0.05) is 58.9 Å². The first-order chi connectivity index (χ1) is 17.9. The molecule has 2 unspecified atom stereocenters. The van der Waals surface area contributed by atoms with Crippen LogP contribution in [-0.2, 0) is 25.5 Å². The normalized spacial score (nSPS) is 20.0. The highest BCUT2D eigenvalue weighted by Gasteiger charge is 2.41. The van der Waals surface area contributed by atoms with Crippen molar-refractivity contribution >= 4 is 17.7 Å². The van der Waals surface area contributed by atoms with Gasteiger partial charge in [0.1, 0.15) is 6.04 Å². The SMILES string of the molecule is CC(C)CC(NC(=O)C(CC(=O)NCC(C)(C)C)NC1(CN)COC1)C(=O)N[C@@H]1CCCc2ccccc21. The summed E-state index contributed by atoms with van der Waals surface area (Å²) in [5, 5.41) is 12.4. The van der Waals surface area contributed by atoms with Gasteiger partial charge in [-0.3, -0.25) is 19.7 Å². The zero-order chi connectivity index (χ0) is 27.9. The Morgan fingerprint density at radius 1 is 1.11 bits per heavy atom. The van der Waals surface area contributed by atoms with E-state index in [1.54, 1.807) is 0 Å². The summed E-state index contributed by atoms with van der Waals surface area (Å²) in [7, 11) is 0. The van der Waals surface area contributed by atoms with Gasteiger partial charge in [-0.25, -0.2) is 0 Å². The Kier molecular flexibility index (Phi) is 10.3. The standard InChI is InChI=1S/C29H47N5O4/c1-19(2)13-23(26(36)32-22-12-8-10-20-9-6-7-11-21(20)22)33-27(37)24(34-29(15-30)17-38-18-29)14-25(35)31-16-28(3,4)5/h6-7,9,11,19,22-24,34H,8,10,12-18,30H2,1-5H3,(H,31,35)(H,32,36)(H,33,37)/t22-,23?,24?/m1/s1. The largest absolute Gasteiger partial charge is 0.377 e. The summed E-state index contributed by atoms with van der Waals surface area (Å²) in [6.07, 6.45) is 3.30. The van der Waals surface area contributed by atoms with Crippen LogP contribution in [0.4, 0.5) is 0 Å². The Hall–Kier alpha value is -2.49. The van der Waals surface area contributed by atoms with E-state index in [0.29, 0.717) is 26.2 Å². The first-order valence-corrected chi connectivity index (χ1v) is 13.9. The molecular formula is C29H47N5O4. The van der Waals surface area contributed by atoms with Crippen LogP contribution in [0, 0.1) is 11.3 Å². The van der Waals surface area contributed by atoms with Crippen molar-refractivity contribution in [2.24, 2.45) is 17.1 Å². The second kappa shape index (κ2) is 13.0. The van der Waals surface area contributed by atoms with Crippen molar-refractivity contribution in [1.29, 1.82) is 0 Å². The molecular weight excluding hydrogens is 482 g/mol. The van der Waals surface area contributed by atoms with E-state index in [9.17, 15) is 14.4 Å². The summed E-state index contributed by atoms with van der Waals surface area (Å²) < 4.78 is 5.35. The number of rotatable bonds is 12. The smallest absolute Gasteiger partial charge is 0.243 e. The predicted octanol–water partition coefficient (Wildman–Crippen LogP) is 1.95. The number of hydrogen-bond donors (Lipinski definition) is 5. The molecule has 9 nitrogen and oxygen atoms in total. The number of nitrogens with two attached hydrogens (primary N) is 1. The van der Waals surface area contributed by atoms with Crippen LogP contribution in [0.5, 0.6) is 0 Å². The number of nitrogens with one attached hydrogen (secondary N) is 4. The van der Waals surface area contributed by atoms with E-state index in [4.69, 9.17) is 10.5 Å². The van der Waals surface area contributed by atoms with E-state index in [-0.39, 0.29) is 48.1 Å². The lowest BCUT2D eigenvalue weighted by molar-refractivity contribution is -0.135. The summed E-state index contributed by atoms with van der Waals surface area (Å²) in [6, 6.07) is 6.55. The fourth-order valence-electron chi connectivity index (χ4n) is 4.96. The molecule has 1 aliphatic heterocycles. The van der Waals surface area contributed by atoms with Crippen molar-refractivity contribution in [3.05, 3.63) is 35.4 Å². The Bertz CT molecular complexity index is 964. The van der Waals surface area contributed by atoms with Crippen LogP contribution in [0.1, 0.15) is 77.5 Å². The lowest BCUT2D eigenvalue weighted by Crippen LogP contribution is -2.69.